The molecule has 3 heteroatoms. The van der Waals surface area contributed by atoms with Crippen molar-refractivity contribution in [3.8, 4) is 0 Å². The van der Waals surface area contributed by atoms with Crippen LogP contribution in [0.1, 0.15) is 27.7 Å². The summed E-state index contributed by atoms with van der Waals surface area (Å²) in [5, 5.41) is 7.85. The van der Waals surface area contributed by atoms with Gasteiger partial charge in [-0.25, -0.2) is 0 Å². The molecule has 0 aromatic rings. The molecule has 0 aliphatic rings. The third-order valence-electron chi connectivity index (χ3n) is 1.03. The smallest absolute Gasteiger partial charge is 0.0465 e. The van der Waals surface area contributed by atoms with Crippen LogP contribution in [0.3, 0.4) is 0 Å². The maximum Gasteiger partial charge on any atom is 0.0465 e. The van der Waals surface area contributed by atoms with E-state index in [4.69, 9.17) is 5.11 Å². The van der Waals surface area contributed by atoms with Crippen LogP contribution in [0.15, 0.2) is 0 Å². The maximum absolute atomic E-state index is 7.85. The normalized spacial score (nSPS) is 10.2. The minimum absolute atomic E-state index is 0.282. The molecule has 82 valence electrons. The first-order valence-electron chi connectivity index (χ1n) is 4.93. The predicted octanol–water partition coefficient (Wildman–Crippen LogP) is 2.89. The second-order valence-corrected chi connectivity index (χ2v) is 5.49. The van der Waals surface area contributed by atoms with Gasteiger partial charge in [0.1, 0.15) is 0 Å². The minimum Gasteiger partial charge on any atom is -0.396 e. The Kier molecular flexibility index (Phi) is 15.9. The highest BCUT2D eigenvalue weighted by molar-refractivity contribution is 7.99. The Morgan fingerprint density at radius 1 is 1.08 bits per heavy atom. The Morgan fingerprint density at radius 3 is 1.54 bits per heavy atom. The fourth-order valence-electron chi connectivity index (χ4n) is 0.539. The summed E-state index contributed by atoms with van der Waals surface area (Å²) in [4.78, 5) is 0. The number of rotatable bonds is 5. The molecule has 0 aliphatic heterocycles. The summed E-state index contributed by atoms with van der Waals surface area (Å²) in [6.07, 6.45) is 0.792. The quantitative estimate of drug-likeness (QED) is 0.725. The molecule has 0 spiro atoms. The molecule has 0 saturated heterocycles. The van der Waals surface area contributed by atoms with E-state index in [9.17, 15) is 0 Å². The second-order valence-electron chi connectivity index (χ2n) is 3.84. The van der Waals surface area contributed by atoms with Crippen molar-refractivity contribution in [1.29, 1.82) is 0 Å². The first kappa shape index (κ1) is 16.2. The van der Waals surface area contributed by atoms with Crippen molar-refractivity contribution in [1.82, 2.24) is 0 Å². The average Bonchev–Trinajstić information content (AvgIpc) is 2.03. The highest BCUT2D eigenvalue weighted by Gasteiger charge is 1.95. The van der Waals surface area contributed by atoms with Crippen molar-refractivity contribution in [2.45, 2.75) is 27.7 Å². The van der Waals surface area contributed by atoms with Gasteiger partial charge in [0.05, 0.1) is 0 Å². The van der Waals surface area contributed by atoms with Crippen molar-refractivity contribution in [2.75, 3.05) is 24.3 Å². The van der Waals surface area contributed by atoms with E-state index in [1.165, 1.54) is 11.5 Å². The Hall–Kier alpha value is 0.740. The van der Waals surface area contributed by atoms with Gasteiger partial charge >= 0.3 is 0 Å². The summed E-state index contributed by atoms with van der Waals surface area (Å²) >= 11 is 2.07. The van der Waals surface area contributed by atoms with Crippen LogP contribution in [-0.2, 0) is 0 Å². The fourth-order valence-corrected chi connectivity index (χ4v) is 1.62. The molecule has 0 rings (SSSR count). The molecule has 1 nitrogen and oxygen atoms in total. The molecule has 0 radical (unpaired) electrons. The molecule has 0 aliphatic carbocycles. The molecular weight excluding hydrogens is 199 g/mol. The summed E-state index contributed by atoms with van der Waals surface area (Å²) in [6.45, 7) is 9.37. The van der Waals surface area contributed by atoms with Crippen LogP contribution in [0, 0.1) is 11.8 Å². The number of thioether (sulfide) groups is 1. The number of aliphatic hydroxyl groups is 1. The van der Waals surface area contributed by atoms with Crippen molar-refractivity contribution in [3.05, 3.63) is 0 Å². The molecule has 0 heterocycles. The zero-order valence-electron chi connectivity index (χ0n) is 9.42. The van der Waals surface area contributed by atoms with E-state index in [0.29, 0.717) is 0 Å². The Labute approximate surface area is 90.3 Å². The van der Waals surface area contributed by atoms with Crippen LogP contribution < -0.4 is 0 Å². The van der Waals surface area contributed by atoms with Crippen molar-refractivity contribution >= 4 is 21.0 Å². The highest BCUT2D eigenvalue weighted by atomic mass is 32.2. The molecule has 0 fully saturated rings. The van der Waals surface area contributed by atoms with Crippen molar-refractivity contribution < 1.29 is 5.11 Å². The first-order chi connectivity index (χ1) is 6.04. The van der Waals surface area contributed by atoms with Crippen LogP contribution >= 0.6 is 21.0 Å². The largest absolute Gasteiger partial charge is 0.396 e. The van der Waals surface area contributed by atoms with E-state index in [1.807, 2.05) is 0 Å². The van der Waals surface area contributed by atoms with E-state index in [2.05, 4.69) is 48.7 Å². The van der Waals surface area contributed by atoms with Gasteiger partial charge in [-0.2, -0.15) is 11.8 Å². The van der Waals surface area contributed by atoms with E-state index in [0.717, 1.165) is 18.0 Å². The maximum atomic E-state index is 7.85. The van der Waals surface area contributed by atoms with Crippen LogP contribution in [0.2, 0.25) is 0 Å². The second kappa shape index (κ2) is 12.7. The van der Waals surface area contributed by atoms with Crippen LogP contribution in [-0.4, -0.2) is 29.4 Å². The van der Waals surface area contributed by atoms with Gasteiger partial charge in [0.2, 0.25) is 0 Å². The highest BCUT2D eigenvalue weighted by Crippen LogP contribution is 2.11. The minimum atomic E-state index is 0.282. The molecule has 13 heavy (non-hydrogen) atoms. The third kappa shape index (κ3) is 24.5. The summed E-state index contributed by atoms with van der Waals surface area (Å²) in [5.41, 5.74) is 0. The SMILES string of the molecule is CC(C)CSCC(C)C.OCCP. The molecule has 0 saturated carbocycles. The molecule has 0 aromatic heterocycles. The molecule has 0 amide bonds. The Bertz CT molecular complexity index is 77.0. The lowest BCUT2D eigenvalue weighted by molar-refractivity contribution is 0.322. The Morgan fingerprint density at radius 2 is 1.38 bits per heavy atom. The lowest BCUT2D eigenvalue weighted by atomic mass is 10.3. The van der Waals surface area contributed by atoms with Gasteiger partial charge < -0.3 is 5.11 Å². The fraction of sp³-hybridized carbons (Fsp3) is 1.00. The molecular formula is C10H25OPS. The molecule has 0 bridgehead atoms. The standard InChI is InChI=1S/C8H18S.C2H7OP/c1-7(2)5-9-6-8(3)4;3-1-2-4/h7-8H,5-6H2,1-4H3;3H,1-2,4H2. The lowest BCUT2D eigenvalue weighted by Gasteiger charge is -2.05. The molecule has 0 aromatic carbocycles. The average molecular weight is 224 g/mol. The van der Waals surface area contributed by atoms with E-state index >= 15 is 0 Å². The van der Waals surface area contributed by atoms with Gasteiger partial charge in [-0.3, -0.25) is 0 Å². The van der Waals surface area contributed by atoms with Gasteiger partial charge in [-0.05, 0) is 29.5 Å². The van der Waals surface area contributed by atoms with E-state index < -0.39 is 0 Å². The number of hydrogen-bond acceptors (Lipinski definition) is 2. The summed E-state index contributed by atoms with van der Waals surface area (Å²) in [5.74, 6) is 4.35. The predicted molar refractivity (Wildman–Crippen MR) is 68.7 cm³/mol. The lowest BCUT2D eigenvalue weighted by Crippen LogP contribution is -1.96. The summed E-state index contributed by atoms with van der Waals surface area (Å²) < 4.78 is 0. The third-order valence-corrected chi connectivity index (χ3v) is 3.09. The van der Waals surface area contributed by atoms with E-state index in [-0.39, 0.29) is 6.61 Å². The zero-order valence-corrected chi connectivity index (χ0v) is 11.4. The number of aliphatic hydroxyl groups excluding tert-OH is 1. The molecule has 1 unspecified atom stereocenters. The Balaban J connectivity index is 0. The first-order valence-corrected chi connectivity index (χ1v) is 6.90. The molecule has 1 N–H and O–H groups in total. The van der Waals surface area contributed by atoms with Crippen LogP contribution in [0.5, 0.6) is 0 Å². The van der Waals surface area contributed by atoms with Gasteiger partial charge in [-0.1, -0.05) is 27.7 Å². The summed E-state index contributed by atoms with van der Waals surface area (Å²) in [6, 6.07) is 0. The van der Waals surface area contributed by atoms with Gasteiger partial charge in [0, 0.05) is 6.61 Å². The van der Waals surface area contributed by atoms with Gasteiger partial charge in [0.25, 0.3) is 0 Å². The van der Waals surface area contributed by atoms with E-state index in [1.54, 1.807) is 0 Å². The zero-order chi connectivity index (χ0) is 10.7. The van der Waals surface area contributed by atoms with Crippen LogP contribution in [0.4, 0.5) is 0 Å². The van der Waals surface area contributed by atoms with Crippen molar-refractivity contribution in [3.63, 3.8) is 0 Å². The van der Waals surface area contributed by atoms with Gasteiger partial charge in [0.15, 0.2) is 0 Å². The van der Waals surface area contributed by atoms with Crippen molar-refractivity contribution in [2.24, 2.45) is 11.8 Å². The summed E-state index contributed by atoms with van der Waals surface area (Å²) in [7, 11) is 2.41. The van der Waals surface area contributed by atoms with Gasteiger partial charge in [-0.15, -0.1) is 9.24 Å². The van der Waals surface area contributed by atoms with Crippen LogP contribution in [0.25, 0.3) is 0 Å². The monoisotopic (exact) mass is 224 g/mol. The topological polar surface area (TPSA) is 20.2 Å². The molecule has 1 atom stereocenters. The number of hydrogen-bond donors (Lipinski definition) is 1.